The number of halogens is 2. The second-order valence-electron chi connectivity index (χ2n) is 3.94. The van der Waals surface area contributed by atoms with Gasteiger partial charge in [0.15, 0.2) is 0 Å². The molecule has 1 saturated heterocycles. The third-order valence-corrected chi connectivity index (χ3v) is 3.15. The normalized spacial score (nSPS) is 21.1. The van der Waals surface area contributed by atoms with Gasteiger partial charge in [-0.1, -0.05) is 23.2 Å². The van der Waals surface area contributed by atoms with E-state index in [1.807, 2.05) is 0 Å². The first-order valence-corrected chi connectivity index (χ1v) is 5.95. The van der Waals surface area contributed by atoms with Gasteiger partial charge in [0.1, 0.15) is 6.04 Å². The van der Waals surface area contributed by atoms with Gasteiger partial charge >= 0.3 is 6.03 Å². The van der Waals surface area contributed by atoms with Crippen molar-refractivity contribution in [2.75, 3.05) is 4.90 Å². The molecule has 0 spiro atoms. The summed E-state index contributed by atoms with van der Waals surface area (Å²) in [5.41, 5.74) is 0.204. The van der Waals surface area contributed by atoms with E-state index in [0.29, 0.717) is 5.02 Å². The molecule has 2 N–H and O–H groups in total. The number of hydrogen-bond donors (Lipinski definition) is 2. The summed E-state index contributed by atoms with van der Waals surface area (Å²) in [5.74, 6) is -0.556. The van der Waals surface area contributed by atoms with Crippen LogP contribution in [0.2, 0.25) is 10.0 Å². The molecule has 0 bridgehead atoms. The van der Waals surface area contributed by atoms with Gasteiger partial charge in [0.2, 0.25) is 0 Å². The number of anilines is 1. The summed E-state index contributed by atoms with van der Waals surface area (Å²) in [4.78, 5) is 24.6. The number of aliphatic hydroxyl groups excluding tert-OH is 1. The van der Waals surface area contributed by atoms with Crippen LogP contribution in [-0.2, 0) is 4.79 Å². The molecule has 0 saturated carbocycles. The third-order valence-electron chi connectivity index (χ3n) is 2.60. The molecule has 0 unspecified atom stereocenters. The van der Waals surface area contributed by atoms with Crippen molar-refractivity contribution in [3.05, 3.63) is 28.2 Å². The first-order valence-electron chi connectivity index (χ1n) is 5.19. The topological polar surface area (TPSA) is 69.6 Å². The van der Waals surface area contributed by atoms with E-state index < -0.39 is 24.1 Å². The Morgan fingerprint density at radius 3 is 2.61 bits per heavy atom. The minimum Gasteiger partial charge on any atom is -0.391 e. The predicted octanol–water partition coefficient (Wildman–Crippen LogP) is 1.80. The number of nitrogens with one attached hydrogen (secondary N) is 1. The van der Waals surface area contributed by atoms with E-state index in [1.165, 1.54) is 19.1 Å². The number of carbonyl (C=O) groups is 2. The number of benzene rings is 1. The van der Waals surface area contributed by atoms with Crippen LogP contribution in [0, 0.1) is 0 Å². The van der Waals surface area contributed by atoms with E-state index in [2.05, 4.69) is 5.32 Å². The summed E-state index contributed by atoms with van der Waals surface area (Å²) < 4.78 is 0. The zero-order valence-corrected chi connectivity index (χ0v) is 10.9. The Morgan fingerprint density at radius 1 is 1.39 bits per heavy atom. The fraction of sp³-hybridized carbons (Fsp3) is 0.273. The first-order chi connectivity index (χ1) is 8.41. The summed E-state index contributed by atoms with van der Waals surface area (Å²) in [7, 11) is 0. The number of carbonyl (C=O) groups excluding carboxylic acids is 2. The van der Waals surface area contributed by atoms with Crippen molar-refractivity contribution < 1.29 is 14.7 Å². The second kappa shape index (κ2) is 4.76. The smallest absolute Gasteiger partial charge is 0.329 e. The number of urea groups is 1. The van der Waals surface area contributed by atoms with Crippen molar-refractivity contribution in [3.8, 4) is 0 Å². The Labute approximate surface area is 113 Å². The molecule has 96 valence electrons. The van der Waals surface area contributed by atoms with E-state index in [9.17, 15) is 14.7 Å². The number of imide groups is 1. The van der Waals surface area contributed by atoms with Gasteiger partial charge in [-0.25, -0.2) is 9.69 Å². The molecule has 1 aromatic rings. The number of rotatable bonds is 2. The SMILES string of the molecule is C[C@@H](O)[C@@H]1NC(=O)N(c2cc(Cl)ccc2Cl)C1=O. The standard InChI is InChI=1S/C11H10Cl2N2O3/c1-5(16)9-10(17)15(11(18)14-9)8-4-6(12)2-3-7(8)13/h2-5,9,16H,1H3,(H,14,18)/t5-,9+/m1/s1. The van der Waals surface area contributed by atoms with Gasteiger partial charge in [-0.15, -0.1) is 0 Å². The van der Waals surface area contributed by atoms with Crippen LogP contribution in [0.25, 0.3) is 0 Å². The highest BCUT2D eigenvalue weighted by Gasteiger charge is 2.42. The summed E-state index contributed by atoms with van der Waals surface area (Å²) in [6.07, 6.45) is -0.982. The highest BCUT2D eigenvalue weighted by Crippen LogP contribution is 2.31. The number of hydrogen-bond acceptors (Lipinski definition) is 3. The van der Waals surface area contributed by atoms with E-state index >= 15 is 0 Å². The van der Waals surface area contributed by atoms with Crippen molar-refractivity contribution >= 4 is 40.8 Å². The second-order valence-corrected chi connectivity index (χ2v) is 4.78. The van der Waals surface area contributed by atoms with Crippen molar-refractivity contribution in [3.63, 3.8) is 0 Å². The predicted molar refractivity (Wildman–Crippen MR) is 67.9 cm³/mol. The van der Waals surface area contributed by atoms with E-state index in [4.69, 9.17) is 23.2 Å². The molecule has 7 heteroatoms. The molecule has 1 aromatic carbocycles. The van der Waals surface area contributed by atoms with Crippen molar-refractivity contribution in [1.82, 2.24) is 5.32 Å². The molecular weight excluding hydrogens is 279 g/mol. The molecule has 0 radical (unpaired) electrons. The molecule has 1 aliphatic heterocycles. The summed E-state index contributed by atoms with van der Waals surface area (Å²) >= 11 is 11.8. The van der Waals surface area contributed by atoms with Gasteiger partial charge in [-0.3, -0.25) is 4.79 Å². The summed E-state index contributed by atoms with van der Waals surface area (Å²) in [6, 6.07) is 2.88. The van der Waals surface area contributed by atoms with Crippen LogP contribution in [-0.4, -0.2) is 29.2 Å². The third kappa shape index (κ3) is 2.16. The lowest BCUT2D eigenvalue weighted by molar-refractivity contribution is -0.120. The molecule has 5 nitrogen and oxygen atoms in total. The van der Waals surface area contributed by atoms with Crippen molar-refractivity contribution in [1.29, 1.82) is 0 Å². The van der Waals surface area contributed by atoms with Gasteiger partial charge in [0.05, 0.1) is 16.8 Å². The molecular formula is C11H10Cl2N2O3. The quantitative estimate of drug-likeness (QED) is 0.816. The summed E-state index contributed by atoms with van der Waals surface area (Å²) in [5, 5.41) is 12.4. The highest BCUT2D eigenvalue weighted by atomic mass is 35.5. The van der Waals surface area contributed by atoms with Gasteiger partial charge in [-0.2, -0.15) is 0 Å². The zero-order chi connectivity index (χ0) is 13.4. The molecule has 0 aliphatic carbocycles. The Bertz CT molecular complexity index is 519. The Hall–Kier alpha value is -1.30. The van der Waals surface area contributed by atoms with Gasteiger partial charge in [0, 0.05) is 5.02 Å². The minimum atomic E-state index is -0.982. The van der Waals surface area contributed by atoms with Gasteiger partial charge in [0.25, 0.3) is 5.91 Å². The van der Waals surface area contributed by atoms with E-state index in [0.717, 1.165) is 4.90 Å². The lowest BCUT2D eigenvalue weighted by Crippen LogP contribution is -2.39. The van der Waals surface area contributed by atoms with Crippen LogP contribution in [0.1, 0.15) is 6.92 Å². The summed E-state index contributed by atoms with van der Waals surface area (Å²) in [6.45, 7) is 1.42. The first kappa shape index (κ1) is 13.1. The Kier molecular flexibility index (Phi) is 3.47. The monoisotopic (exact) mass is 288 g/mol. The van der Waals surface area contributed by atoms with Crippen LogP contribution < -0.4 is 10.2 Å². The molecule has 0 aromatic heterocycles. The Morgan fingerprint density at radius 2 is 2.06 bits per heavy atom. The van der Waals surface area contributed by atoms with Crippen LogP contribution in [0.15, 0.2) is 18.2 Å². The lowest BCUT2D eigenvalue weighted by atomic mass is 10.2. The van der Waals surface area contributed by atoms with Gasteiger partial charge in [-0.05, 0) is 25.1 Å². The lowest BCUT2D eigenvalue weighted by Gasteiger charge is -2.15. The van der Waals surface area contributed by atoms with Crippen LogP contribution in [0.3, 0.4) is 0 Å². The molecule has 1 fully saturated rings. The molecule has 3 amide bonds. The van der Waals surface area contributed by atoms with Crippen LogP contribution in [0.5, 0.6) is 0 Å². The molecule has 1 heterocycles. The van der Waals surface area contributed by atoms with E-state index in [-0.39, 0.29) is 10.7 Å². The van der Waals surface area contributed by atoms with Crippen molar-refractivity contribution in [2.24, 2.45) is 0 Å². The van der Waals surface area contributed by atoms with Crippen LogP contribution >= 0.6 is 23.2 Å². The average molecular weight is 289 g/mol. The minimum absolute atomic E-state index is 0.204. The Balaban J connectivity index is 2.42. The zero-order valence-electron chi connectivity index (χ0n) is 9.35. The largest absolute Gasteiger partial charge is 0.391 e. The molecule has 2 atom stereocenters. The molecule has 2 rings (SSSR count). The number of nitrogens with zero attached hydrogens (tertiary/aromatic N) is 1. The van der Waals surface area contributed by atoms with Crippen LogP contribution in [0.4, 0.5) is 10.5 Å². The maximum Gasteiger partial charge on any atom is 0.329 e. The number of aliphatic hydroxyl groups is 1. The molecule has 1 aliphatic rings. The maximum absolute atomic E-state index is 12.0. The average Bonchev–Trinajstić information content (AvgIpc) is 2.58. The fourth-order valence-corrected chi connectivity index (χ4v) is 2.08. The molecule has 18 heavy (non-hydrogen) atoms. The van der Waals surface area contributed by atoms with E-state index in [1.54, 1.807) is 6.07 Å². The van der Waals surface area contributed by atoms with Gasteiger partial charge < -0.3 is 10.4 Å². The van der Waals surface area contributed by atoms with Crippen molar-refractivity contribution in [2.45, 2.75) is 19.1 Å². The highest BCUT2D eigenvalue weighted by molar-refractivity contribution is 6.37. The maximum atomic E-state index is 12.0. The fourth-order valence-electron chi connectivity index (χ4n) is 1.71. The number of amides is 3.